The molecule has 1 aromatic carbocycles. The van der Waals surface area contributed by atoms with Gasteiger partial charge < -0.3 is 0 Å². The van der Waals surface area contributed by atoms with E-state index in [1.54, 1.807) is 16.4 Å². The van der Waals surface area contributed by atoms with E-state index in [1.165, 1.54) is 0 Å². The van der Waals surface area contributed by atoms with Crippen LogP contribution in [-0.2, 0) is 16.6 Å². The van der Waals surface area contributed by atoms with Gasteiger partial charge in [-0.2, -0.15) is 4.31 Å². The number of hydrogen-bond acceptors (Lipinski definition) is 2. The summed E-state index contributed by atoms with van der Waals surface area (Å²) in [5.41, 5.74) is 0.907. The zero-order chi connectivity index (χ0) is 10.6. The zero-order valence-electron chi connectivity index (χ0n) is 7.98. The van der Waals surface area contributed by atoms with Gasteiger partial charge in [0.05, 0.1) is 4.90 Å². The van der Waals surface area contributed by atoms with Crippen molar-refractivity contribution < 1.29 is 8.42 Å². The van der Waals surface area contributed by atoms with E-state index in [1.807, 2.05) is 6.07 Å². The summed E-state index contributed by atoms with van der Waals surface area (Å²) in [4.78, 5) is 0.476. The minimum atomic E-state index is -3.20. The minimum absolute atomic E-state index is 0.245. The number of halogens is 1. The van der Waals surface area contributed by atoms with Crippen LogP contribution in [0.15, 0.2) is 27.6 Å². The summed E-state index contributed by atoms with van der Waals surface area (Å²) in [7, 11) is -3.20. The van der Waals surface area contributed by atoms with Crippen LogP contribution in [0, 0.1) is 0 Å². The Morgan fingerprint density at radius 3 is 2.67 bits per heavy atom. The van der Waals surface area contributed by atoms with Gasteiger partial charge >= 0.3 is 0 Å². The maximum atomic E-state index is 12.1. The highest BCUT2D eigenvalue weighted by Crippen LogP contribution is 2.41. The first-order valence-corrected chi connectivity index (χ1v) is 7.13. The molecule has 1 saturated carbocycles. The summed E-state index contributed by atoms with van der Waals surface area (Å²) in [6, 6.07) is 5.61. The van der Waals surface area contributed by atoms with E-state index in [-0.39, 0.29) is 6.04 Å². The van der Waals surface area contributed by atoms with E-state index in [2.05, 4.69) is 15.9 Å². The third kappa shape index (κ3) is 1.37. The van der Waals surface area contributed by atoms with Crippen LogP contribution in [0.3, 0.4) is 0 Å². The predicted molar refractivity (Wildman–Crippen MR) is 59.9 cm³/mol. The molecular weight excluding hydrogens is 278 g/mol. The Kier molecular flexibility index (Phi) is 2.00. The molecule has 1 aliphatic heterocycles. The minimum Gasteiger partial charge on any atom is -0.207 e. The molecule has 0 saturated heterocycles. The average Bonchev–Trinajstić information content (AvgIpc) is 2.95. The van der Waals surface area contributed by atoms with Crippen molar-refractivity contribution >= 4 is 26.0 Å². The summed E-state index contributed by atoms with van der Waals surface area (Å²) >= 11 is 3.40. The van der Waals surface area contributed by atoms with Crippen LogP contribution in [-0.4, -0.2) is 18.8 Å². The summed E-state index contributed by atoms with van der Waals surface area (Å²) in [5, 5.41) is 0. The number of hydrogen-bond donors (Lipinski definition) is 0. The molecule has 80 valence electrons. The quantitative estimate of drug-likeness (QED) is 0.793. The summed E-state index contributed by atoms with van der Waals surface area (Å²) < 4.78 is 26.8. The number of benzene rings is 1. The Balaban J connectivity index is 2.18. The molecule has 0 spiro atoms. The van der Waals surface area contributed by atoms with Gasteiger partial charge in [-0.1, -0.05) is 22.0 Å². The highest BCUT2D eigenvalue weighted by molar-refractivity contribution is 9.10. The lowest BCUT2D eigenvalue weighted by molar-refractivity contribution is 0.417. The van der Waals surface area contributed by atoms with Crippen LogP contribution in [0.5, 0.6) is 0 Å². The second-order valence-electron chi connectivity index (χ2n) is 4.00. The first-order valence-electron chi connectivity index (χ1n) is 4.90. The Morgan fingerprint density at radius 1 is 1.33 bits per heavy atom. The molecule has 1 aliphatic carbocycles. The van der Waals surface area contributed by atoms with Crippen molar-refractivity contribution in [3.63, 3.8) is 0 Å². The van der Waals surface area contributed by atoms with Gasteiger partial charge in [-0.15, -0.1) is 0 Å². The number of rotatable bonds is 1. The second-order valence-corrected chi connectivity index (χ2v) is 6.71. The molecule has 15 heavy (non-hydrogen) atoms. The summed E-state index contributed by atoms with van der Waals surface area (Å²) in [5.74, 6) is 0. The van der Waals surface area contributed by atoms with E-state index < -0.39 is 10.0 Å². The van der Waals surface area contributed by atoms with E-state index in [9.17, 15) is 8.42 Å². The normalized spacial score (nSPS) is 24.1. The molecule has 3 rings (SSSR count). The SMILES string of the molecule is O=S1(=O)c2cccc(Br)c2CN1C1CC1. The number of sulfonamides is 1. The number of nitrogens with zero attached hydrogens (tertiary/aromatic N) is 1. The van der Waals surface area contributed by atoms with Gasteiger partial charge in [0.1, 0.15) is 0 Å². The zero-order valence-corrected chi connectivity index (χ0v) is 10.4. The monoisotopic (exact) mass is 287 g/mol. The lowest BCUT2D eigenvalue weighted by Gasteiger charge is -2.12. The third-order valence-electron chi connectivity index (χ3n) is 2.93. The first-order chi connectivity index (χ1) is 7.10. The standard InChI is InChI=1S/C10H10BrNO2S/c11-9-2-1-3-10-8(9)6-12(7-4-5-7)15(10,13)14/h1-3,7H,4-6H2. The third-order valence-corrected chi connectivity index (χ3v) is 5.66. The Bertz CT molecular complexity index is 522. The molecule has 5 heteroatoms. The highest BCUT2D eigenvalue weighted by atomic mass is 79.9. The van der Waals surface area contributed by atoms with Crippen LogP contribution in [0.4, 0.5) is 0 Å². The van der Waals surface area contributed by atoms with Crippen molar-refractivity contribution in [2.45, 2.75) is 30.3 Å². The Morgan fingerprint density at radius 2 is 2.07 bits per heavy atom. The second kappa shape index (κ2) is 3.06. The fourth-order valence-corrected chi connectivity index (χ4v) is 4.50. The maximum Gasteiger partial charge on any atom is 0.243 e. The van der Waals surface area contributed by atoms with Crippen molar-refractivity contribution in [3.8, 4) is 0 Å². The van der Waals surface area contributed by atoms with Crippen LogP contribution in [0.1, 0.15) is 18.4 Å². The maximum absolute atomic E-state index is 12.1. The molecule has 0 unspecified atom stereocenters. The molecule has 0 amide bonds. The molecular formula is C10H10BrNO2S. The molecule has 1 heterocycles. The predicted octanol–water partition coefficient (Wildman–Crippen LogP) is 2.12. The fourth-order valence-electron chi connectivity index (χ4n) is 1.99. The molecule has 0 bridgehead atoms. The van der Waals surface area contributed by atoms with E-state index in [0.717, 1.165) is 22.9 Å². The van der Waals surface area contributed by atoms with Crippen molar-refractivity contribution in [3.05, 3.63) is 28.2 Å². The van der Waals surface area contributed by atoms with E-state index >= 15 is 0 Å². The van der Waals surface area contributed by atoms with Crippen LogP contribution in [0.25, 0.3) is 0 Å². The van der Waals surface area contributed by atoms with Crippen LogP contribution in [0.2, 0.25) is 0 Å². The van der Waals surface area contributed by atoms with Gasteiger partial charge in [0.15, 0.2) is 0 Å². The van der Waals surface area contributed by atoms with Crippen LogP contribution < -0.4 is 0 Å². The van der Waals surface area contributed by atoms with Gasteiger partial charge in [0.2, 0.25) is 10.0 Å². The highest BCUT2D eigenvalue weighted by Gasteiger charge is 2.44. The molecule has 0 atom stereocenters. The van der Waals surface area contributed by atoms with Crippen LogP contribution >= 0.6 is 15.9 Å². The molecule has 3 nitrogen and oxygen atoms in total. The average molecular weight is 288 g/mol. The fraction of sp³-hybridized carbons (Fsp3) is 0.400. The largest absolute Gasteiger partial charge is 0.243 e. The molecule has 0 aromatic heterocycles. The molecule has 2 aliphatic rings. The van der Waals surface area contributed by atoms with Crippen molar-refractivity contribution in [2.75, 3.05) is 0 Å². The van der Waals surface area contributed by atoms with E-state index in [0.29, 0.717) is 11.4 Å². The van der Waals surface area contributed by atoms with E-state index in [4.69, 9.17) is 0 Å². The smallest absolute Gasteiger partial charge is 0.207 e. The molecule has 0 N–H and O–H groups in total. The van der Waals surface area contributed by atoms with Crippen molar-refractivity contribution in [1.82, 2.24) is 4.31 Å². The summed E-state index contributed by atoms with van der Waals surface area (Å²) in [6.07, 6.45) is 2.01. The molecule has 0 radical (unpaired) electrons. The van der Waals surface area contributed by atoms with Crippen molar-refractivity contribution in [2.24, 2.45) is 0 Å². The van der Waals surface area contributed by atoms with Gasteiger partial charge in [0.25, 0.3) is 0 Å². The Hall–Kier alpha value is -0.390. The first kappa shape index (κ1) is 9.81. The van der Waals surface area contributed by atoms with Gasteiger partial charge in [-0.05, 0) is 25.0 Å². The van der Waals surface area contributed by atoms with Crippen molar-refractivity contribution in [1.29, 1.82) is 0 Å². The summed E-state index contributed by atoms with van der Waals surface area (Å²) in [6.45, 7) is 0.532. The number of fused-ring (bicyclic) bond motifs is 1. The van der Waals surface area contributed by atoms with Gasteiger partial charge in [-0.25, -0.2) is 8.42 Å². The lowest BCUT2D eigenvalue weighted by atomic mass is 10.2. The topological polar surface area (TPSA) is 37.4 Å². The molecule has 1 fully saturated rings. The molecule has 1 aromatic rings. The van der Waals surface area contributed by atoms with Gasteiger partial charge in [-0.3, -0.25) is 0 Å². The lowest BCUT2D eigenvalue weighted by Crippen LogP contribution is -2.26. The van der Waals surface area contributed by atoms with Gasteiger partial charge in [0, 0.05) is 22.6 Å². The Labute approximate surface area is 97.3 Å².